The molecular weight excluding hydrogens is 296 g/mol. The predicted molar refractivity (Wildman–Crippen MR) is 99.9 cm³/mol. The summed E-state index contributed by atoms with van der Waals surface area (Å²) >= 11 is 0. The number of hydrogen-bond acceptors (Lipinski definition) is 2. The van der Waals surface area contributed by atoms with Crippen molar-refractivity contribution in [2.24, 2.45) is 0 Å². The lowest BCUT2D eigenvalue weighted by Crippen LogP contribution is -2.47. The largest absolute Gasteiger partial charge is 0.314 e. The summed E-state index contributed by atoms with van der Waals surface area (Å²) in [5, 5.41) is 0. The topological polar surface area (TPSA) is 23.6 Å². The average molecular weight is 320 g/mol. The molecule has 2 aromatic rings. The Morgan fingerprint density at radius 1 is 1.04 bits per heavy atom. The molecule has 3 rings (SSSR count). The first kappa shape index (κ1) is 16.5. The van der Waals surface area contributed by atoms with Crippen LogP contribution in [0.1, 0.15) is 18.9 Å². The first-order chi connectivity index (χ1) is 11.7. The summed E-state index contributed by atoms with van der Waals surface area (Å²) < 4.78 is 0. The molecule has 1 aliphatic rings. The second-order valence-corrected chi connectivity index (χ2v) is 6.25. The maximum Gasteiger partial charge on any atom is 0.243 e. The van der Waals surface area contributed by atoms with Gasteiger partial charge in [0, 0.05) is 25.8 Å². The molecule has 0 bridgehead atoms. The van der Waals surface area contributed by atoms with E-state index in [0.29, 0.717) is 0 Å². The number of likely N-dealkylation sites (N-methyl/N-ethyl adjacent to an activating group) is 1. The Bertz CT molecular complexity index is 709. The van der Waals surface area contributed by atoms with Crippen LogP contribution in [0.25, 0.3) is 5.57 Å². The zero-order valence-corrected chi connectivity index (χ0v) is 14.4. The number of benzene rings is 2. The monoisotopic (exact) mass is 320 g/mol. The van der Waals surface area contributed by atoms with E-state index in [1.54, 1.807) is 4.90 Å². The third-order valence-corrected chi connectivity index (χ3v) is 4.76. The van der Waals surface area contributed by atoms with Crippen molar-refractivity contribution in [2.75, 3.05) is 25.0 Å². The highest BCUT2D eigenvalue weighted by atomic mass is 16.2. The van der Waals surface area contributed by atoms with Crippen LogP contribution in [-0.2, 0) is 4.79 Å². The Hall–Kier alpha value is -2.39. The number of amides is 1. The molecule has 1 amide bonds. The number of nitrogens with zero attached hydrogens (tertiary/aromatic N) is 2. The molecule has 0 N–H and O–H groups in total. The third kappa shape index (κ3) is 3.57. The van der Waals surface area contributed by atoms with Crippen molar-refractivity contribution in [1.82, 2.24) is 4.90 Å². The molecule has 0 aromatic heterocycles. The molecule has 0 aliphatic carbocycles. The molecule has 0 saturated carbocycles. The summed E-state index contributed by atoms with van der Waals surface area (Å²) in [6, 6.07) is 20.2. The van der Waals surface area contributed by atoms with Gasteiger partial charge in [-0.2, -0.15) is 0 Å². The summed E-state index contributed by atoms with van der Waals surface area (Å²) in [6.07, 6.45) is 3.24. The molecule has 0 fully saturated rings. The Morgan fingerprint density at radius 2 is 1.67 bits per heavy atom. The van der Waals surface area contributed by atoms with Gasteiger partial charge in [-0.05, 0) is 36.6 Å². The van der Waals surface area contributed by atoms with E-state index < -0.39 is 0 Å². The van der Waals surface area contributed by atoms with Crippen molar-refractivity contribution in [3.05, 3.63) is 72.3 Å². The van der Waals surface area contributed by atoms with Gasteiger partial charge in [0.15, 0.2) is 0 Å². The van der Waals surface area contributed by atoms with Gasteiger partial charge in [-0.25, -0.2) is 0 Å². The number of rotatable bonds is 4. The van der Waals surface area contributed by atoms with Crippen LogP contribution in [0.5, 0.6) is 0 Å². The number of anilines is 1. The molecule has 3 heteroatoms. The SMILES string of the molecule is C[C@H](C(=O)N(C)c1ccccc1)N1CC=C(c2ccccc2)CC1. The molecule has 1 heterocycles. The highest BCUT2D eigenvalue weighted by molar-refractivity contribution is 5.96. The Balaban J connectivity index is 1.65. The summed E-state index contributed by atoms with van der Waals surface area (Å²) in [5.74, 6) is 0.137. The van der Waals surface area contributed by atoms with E-state index in [4.69, 9.17) is 0 Å². The van der Waals surface area contributed by atoms with Crippen LogP contribution in [-0.4, -0.2) is 37.0 Å². The van der Waals surface area contributed by atoms with E-state index in [1.807, 2.05) is 50.4 Å². The van der Waals surface area contributed by atoms with Crippen molar-refractivity contribution in [2.45, 2.75) is 19.4 Å². The van der Waals surface area contributed by atoms with Gasteiger partial charge in [0.25, 0.3) is 0 Å². The van der Waals surface area contributed by atoms with E-state index >= 15 is 0 Å². The smallest absolute Gasteiger partial charge is 0.243 e. The molecule has 124 valence electrons. The first-order valence-corrected chi connectivity index (χ1v) is 8.48. The minimum Gasteiger partial charge on any atom is -0.314 e. The minimum atomic E-state index is -0.122. The van der Waals surface area contributed by atoms with Crippen LogP contribution < -0.4 is 4.90 Å². The van der Waals surface area contributed by atoms with Gasteiger partial charge >= 0.3 is 0 Å². The highest BCUT2D eigenvalue weighted by Crippen LogP contribution is 2.23. The van der Waals surface area contributed by atoms with E-state index in [9.17, 15) is 4.79 Å². The van der Waals surface area contributed by atoms with Crippen molar-refractivity contribution in [3.8, 4) is 0 Å². The molecule has 0 spiro atoms. The minimum absolute atomic E-state index is 0.122. The lowest BCUT2D eigenvalue weighted by molar-refractivity contribution is -0.122. The zero-order valence-electron chi connectivity index (χ0n) is 14.4. The first-order valence-electron chi connectivity index (χ1n) is 8.48. The number of hydrogen-bond donors (Lipinski definition) is 0. The fourth-order valence-electron chi connectivity index (χ4n) is 3.17. The van der Waals surface area contributed by atoms with Gasteiger partial charge in [0.2, 0.25) is 5.91 Å². The number of para-hydroxylation sites is 1. The Labute approximate surface area is 144 Å². The summed E-state index contributed by atoms with van der Waals surface area (Å²) in [7, 11) is 1.85. The molecule has 1 aliphatic heterocycles. The Morgan fingerprint density at radius 3 is 2.25 bits per heavy atom. The van der Waals surface area contributed by atoms with E-state index in [0.717, 1.165) is 25.2 Å². The van der Waals surface area contributed by atoms with Gasteiger partial charge in [-0.1, -0.05) is 54.6 Å². The van der Waals surface area contributed by atoms with Crippen molar-refractivity contribution in [1.29, 1.82) is 0 Å². The molecule has 0 saturated heterocycles. The van der Waals surface area contributed by atoms with Crippen molar-refractivity contribution >= 4 is 17.2 Å². The van der Waals surface area contributed by atoms with Crippen molar-refractivity contribution < 1.29 is 4.79 Å². The van der Waals surface area contributed by atoms with Crippen LogP contribution >= 0.6 is 0 Å². The second kappa shape index (κ2) is 7.45. The van der Waals surface area contributed by atoms with Gasteiger partial charge in [-0.15, -0.1) is 0 Å². The fourth-order valence-corrected chi connectivity index (χ4v) is 3.17. The summed E-state index contributed by atoms with van der Waals surface area (Å²) in [5.41, 5.74) is 3.60. The molecule has 0 unspecified atom stereocenters. The van der Waals surface area contributed by atoms with Gasteiger partial charge in [0.05, 0.1) is 6.04 Å². The number of carbonyl (C=O) groups excluding carboxylic acids is 1. The maximum absolute atomic E-state index is 12.8. The number of carbonyl (C=O) groups is 1. The van der Waals surface area contributed by atoms with E-state index in [1.165, 1.54) is 11.1 Å². The quantitative estimate of drug-likeness (QED) is 0.855. The molecular formula is C21H24N2O. The predicted octanol–water partition coefficient (Wildman–Crippen LogP) is 3.83. The zero-order chi connectivity index (χ0) is 16.9. The lowest BCUT2D eigenvalue weighted by Gasteiger charge is -2.33. The fraction of sp³-hybridized carbons (Fsp3) is 0.286. The second-order valence-electron chi connectivity index (χ2n) is 6.25. The van der Waals surface area contributed by atoms with Gasteiger partial charge < -0.3 is 4.90 Å². The van der Waals surface area contributed by atoms with Gasteiger partial charge in [0.1, 0.15) is 0 Å². The van der Waals surface area contributed by atoms with E-state index in [2.05, 4.69) is 35.2 Å². The maximum atomic E-state index is 12.8. The van der Waals surface area contributed by atoms with Crippen molar-refractivity contribution in [3.63, 3.8) is 0 Å². The molecule has 2 aromatic carbocycles. The average Bonchev–Trinajstić information content (AvgIpc) is 2.68. The van der Waals surface area contributed by atoms with Crippen LogP contribution in [0.3, 0.4) is 0 Å². The van der Waals surface area contributed by atoms with Crippen LogP contribution in [0, 0.1) is 0 Å². The van der Waals surface area contributed by atoms with Gasteiger partial charge in [-0.3, -0.25) is 9.69 Å². The molecule has 1 atom stereocenters. The van der Waals surface area contributed by atoms with E-state index in [-0.39, 0.29) is 11.9 Å². The van der Waals surface area contributed by atoms with Crippen LogP contribution in [0.15, 0.2) is 66.7 Å². The van der Waals surface area contributed by atoms with Crippen LogP contribution in [0.4, 0.5) is 5.69 Å². The van der Waals surface area contributed by atoms with Crippen LogP contribution in [0.2, 0.25) is 0 Å². The standard InChI is InChI=1S/C21H24N2O/c1-17(21(24)22(2)20-11-7-4-8-12-20)23-15-13-19(14-16-23)18-9-5-3-6-10-18/h3-13,17H,14-16H2,1-2H3/t17-/m1/s1. The molecule has 3 nitrogen and oxygen atoms in total. The normalized spacial score (nSPS) is 16.3. The summed E-state index contributed by atoms with van der Waals surface area (Å²) in [4.78, 5) is 16.8. The third-order valence-electron chi connectivity index (χ3n) is 4.76. The molecule has 24 heavy (non-hydrogen) atoms. The Kier molecular flexibility index (Phi) is 5.11. The molecule has 0 radical (unpaired) electrons. The highest BCUT2D eigenvalue weighted by Gasteiger charge is 2.26. The lowest BCUT2D eigenvalue weighted by atomic mass is 9.99. The summed E-state index contributed by atoms with van der Waals surface area (Å²) in [6.45, 7) is 3.74.